The highest BCUT2D eigenvalue weighted by molar-refractivity contribution is 5.88. The van der Waals surface area contributed by atoms with E-state index in [1.807, 2.05) is 77.1 Å². The second-order valence-electron chi connectivity index (χ2n) is 8.78. The van der Waals surface area contributed by atoms with Crippen molar-refractivity contribution in [2.75, 3.05) is 13.7 Å². The third-order valence-corrected chi connectivity index (χ3v) is 5.06. The maximum atomic E-state index is 13.2. The molecule has 0 aliphatic heterocycles. The van der Waals surface area contributed by atoms with Crippen LogP contribution in [0.15, 0.2) is 42.5 Å². The number of amides is 2. The zero-order chi connectivity index (χ0) is 23.2. The Labute approximate surface area is 185 Å². The first-order valence-electron chi connectivity index (χ1n) is 10.4. The van der Waals surface area contributed by atoms with Crippen LogP contribution in [-0.4, -0.2) is 42.0 Å². The standard InChI is InChI=1S/C25H34N2O4/c1-17-10-8-13-22(18(17)2)31-16-23(28)27(19(3)24(29)26-25(4,5)6)15-20-11-9-12-21(14-20)30-7/h8-14,19H,15-16H2,1-7H3,(H,26,29)/t19-/m1/s1. The minimum absolute atomic E-state index is 0.151. The van der Waals surface area contributed by atoms with Gasteiger partial charge in [-0.1, -0.05) is 24.3 Å². The van der Waals surface area contributed by atoms with Crippen LogP contribution in [-0.2, 0) is 16.1 Å². The smallest absolute Gasteiger partial charge is 0.261 e. The molecule has 2 rings (SSSR count). The minimum Gasteiger partial charge on any atom is -0.497 e. The van der Waals surface area contributed by atoms with Gasteiger partial charge in [-0.3, -0.25) is 9.59 Å². The highest BCUT2D eigenvalue weighted by Gasteiger charge is 2.28. The molecule has 0 unspecified atom stereocenters. The molecule has 0 radical (unpaired) electrons. The van der Waals surface area contributed by atoms with Gasteiger partial charge in [0.2, 0.25) is 5.91 Å². The van der Waals surface area contributed by atoms with E-state index >= 15 is 0 Å². The average Bonchev–Trinajstić information content (AvgIpc) is 2.71. The van der Waals surface area contributed by atoms with E-state index in [2.05, 4.69) is 5.32 Å². The summed E-state index contributed by atoms with van der Waals surface area (Å²) in [6.45, 7) is 11.5. The molecule has 1 atom stereocenters. The molecule has 2 amide bonds. The van der Waals surface area contributed by atoms with Gasteiger partial charge in [0.15, 0.2) is 6.61 Å². The van der Waals surface area contributed by atoms with E-state index in [4.69, 9.17) is 9.47 Å². The molecule has 0 heterocycles. The molecule has 2 aromatic rings. The van der Waals surface area contributed by atoms with Crippen LogP contribution in [0.2, 0.25) is 0 Å². The summed E-state index contributed by atoms with van der Waals surface area (Å²) in [5, 5.41) is 2.95. The maximum absolute atomic E-state index is 13.2. The lowest BCUT2D eigenvalue weighted by atomic mass is 10.1. The van der Waals surface area contributed by atoms with Crippen LogP contribution in [0.4, 0.5) is 0 Å². The van der Waals surface area contributed by atoms with Crippen molar-refractivity contribution in [2.45, 2.75) is 59.7 Å². The van der Waals surface area contributed by atoms with Crippen molar-refractivity contribution in [2.24, 2.45) is 0 Å². The monoisotopic (exact) mass is 426 g/mol. The summed E-state index contributed by atoms with van der Waals surface area (Å²) in [6, 6.07) is 12.5. The molecule has 1 N–H and O–H groups in total. The minimum atomic E-state index is -0.667. The molecule has 0 saturated heterocycles. The predicted octanol–water partition coefficient (Wildman–Crippen LogP) is 4.02. The molecular weight excluding hydrogens is 392 g/mol. The summed E-state index contributed by atoms with van der Waals surface area (Å²) in [5.41, 5.74) is 2.56. The Morgan fingerprint density at radius 1 is 1.10 bits per heavy atom. The average molecular weight is 427 g/mol. The molecule has 0 aromatic heterocycles. The van der Waals surface area contributed by atoms with Crippen LogP contribution >= 0.6 is 0 Å². The van der Waals surface area contributed by atoms with Crippen molar-refractivity contribution in [3.63, 3.8) is 0 Å². The lowest BCUT2D eigenvalue weighted by molar-refractivity contribution is -0.142. The highest BCUT2D eigenvalue weighted by atomic mass is 16.5. The molecule has 0 bridgehead atoms. The van der Waals surface area contributed by atoms with Crippen LogP contribution in [0.1, 0.15) is 44.4 Å². The van der Waals surface area contributed by atoms with Crippen molar-refractivity contribution >= 4 is 11.8 Å². The van der Waals surface area contributed by atoms with Gasteiger partial charge < -0.3 is 19.7 Å². The van der Waals surface area contributed by atoms with Gasteiger partial charge in [-0.05, 0) is 76.4 Å². The fraction of sp³-hybridized carbons (Fsp3) is 0.440. The first kappa shape index (κ1) is 24.3. The molecule has 168 valence electrons. The second-order valence-corrected chi connectivity index (χ2v) is 8.78. The van der Waals surface area contributed by atoms with Crippen molar-refractivity contribution in [1.82, 2.24) is 10.2 Å². The summed E-state index contributed by atoms with van der Waals surface area (Å²) in [6.07, 6.45) is 0. The van der Waals surface area contributed by atoms with E-state index in [1.165, 1.54) is 0 Å². The quantitative estimate of drug-likeness (QED) is 0.692. The fourth-order valence-corrected chi connectivity index (χ4v) is 3.13. The summed E-state index contributed by atoms with van der Waals surface area (Å²) >= 11 is 0. The maximum Gasteiger partial charge on any atom is 0.261 e. The zero-order valence-electron chi connectivity index (χ0n) is 19.6. The van der Waals surface area contributed by atoms with E-state index in [0.717, 1.165) is 16.7 Å². The van der Waals surface area contributed by atoms with Gasteiger partial charge in [0, 0.05) is 12.1 Å². The van der Waals surface area contributed by atoms with Gasteiger partial charge in [-0.25, -0.2) is 0 Å². The third-order valence-electron chi connectivity index (χ3n) is 5.06. The molecule has 31 heavy (non-hydrogen) atoms. The van der Waals surface area contributed by atoms with Crippen molar-refractivity contribution in [1.29, 1.82) is 0 Å². The van der Waals surface area contributed by atoms with Gasteiger partial charge in [0.25, 0.3) is 5.91 Å². The first-order valence-corrected chi connectivity index (χ1v) is 10.4. The fourth-order valence-electron chi connectivity index (χ4n) is 3.13. The van der Waals surface area contributed by atoms with Gasteiger partial charge in [0.1, 0.15) is 17.5 Å². The van der Waals surface area contributed by atoms with Gasteiger partial charge in [-0.15, -0.1) is 0 Å². The largest absolute Gasteiger partial charge is 0.497 e. The summed E-state index contributed by atoms with van der Waals surface area (Å²) in [4.78, 5) is 27.5. The normalized spacial score (nSPS) is 12.1. The Morgan fingerprint density at radius 3 is 2.42 bits per heavy atom. The molecule has 0 spiro atoms. The molecular formula is C25H34N2O4. The van der Waals surface area contributed by atoms with E-state index in [1.54, 1.807) is 18.9 Å². The first-order chi connectivity index (χ1) is 14.5. The second kappa shape index (κ2) is 10.3. The molecule has 0 aliphatic rings. The third kappa shape index (κ3) is 7.02. The van der Waals surface area contributed by atoms with E-state index in [0.29, 0.717) is 11.5 Å². The Hall–Kier alpha value is -3.02. The predicted molar refractivity (Wildman–Crippen MR) is 122 cm³/mol. The van der Waals surface area contributed by atoms with Crippen molar-refractivity contribution in [3.05, 3.63) is 59.2 Å². The SMILES string of the molecule is COc1cccc(CN(C(=O)COc2cccc(C)c2C)[C@H](C)C(=O)NC(C)(C)C)c1. The van der Waals surface area contributed by atoms with Gasteiger partial charge in [0.05, 0.1) is 7.11 Å². The number of carbonyl (C=O) groups excluding carboxylic acids is 2. The Bertz CT molecular complexity index is 918. The molecule has 0 saturated carbocycles. The van der Waals surface area contributed by atoms with Crippen LogP contribution in [0.5, 0.6) is 11.5 Å². The van der Waals surface area contributed by atoms with E-state index in [9.17, 15) is 9.59 Å². The lowest BCUT2D eigenvalue weighted by Crippen LogP contribution is -2.53. The number of rotatable bonds is 8. The number of ether oxygens (including phenoxy) is 2. The van der Waals surface area contributed by atoms with Crippen molar-refractivity contribution < 1.29 is 19.1 Å². The number of carbonyl (C=O) groups is 2. The summed E-state index contributed by atoms with van der Waals surface area (Å²) in [5.74, 6) is 0.889. The number of benzene rings is 2. The zero-order valence-corrected chi connectivity index (χ0v) is 19.6. The highest BCUT2D eigenvalue weighted by Crippen LogP contribution is 2.21. The number of hydrogen-bond acceptors (Lipinski definition) is 4. The van der Waals surface area contributed by atoms with E-state index < -0.39 is 11.6 Å². The number of nitrogens with one attached hydrogen (secondary N) is 1. The molecule has 2 aromatic carbocycles. The Kier molecular flexibility index (Phi) is 8.08. The van der Waals surface area contributed by atoms with Gasteiger partial charge >= 0.3 is 0 Å². The number of aryl methyl sites for hydroxylation is 1. The van der Waals surface area contributed by atoms with Crippen LogP contribution in [0, 0.1) is 13.8 Å². The summed E-state index contributed by atoms with van der Waals surface area (Å²) < 4.78 is 11.1. The topological polar surface area (TPSA) is 67.9 Å². The molecule has 6 heteroatoms. The molecule has 6 nitrogen and oxygen atoms in total. The van der Waals surface area contributed by atoms with Crippen LogP contribution in [0.3, 0.4) is 0 Å². The number of nitrogens with zero attached hydrogens (tertiary/aromatic N) is 1. The number of methoxy groups -OCH3 is 1. The Balaban J connectivity index is 2.23. The van der Waals surface area contributed by atoms with Crippen molar-refractivity contribution in [3.8, 4) is 11.5 Å². The number of hydrogen-bond donors (Lipinski definition) is 1. The van der Waals surface area contributed by atoms with E-state index in [-0.39, 0.29) is 25.0 Å². The van der Waals surface area contributed by atoms with Crippen LogP contribution in [0.25, 0.3) is 0 Å². The molecule has 0 aliphatic carbocycles. The molecule has 0 fully saturated rings. The van der Waals surface area contributed by atoms with Crippen LogP contribution < -0.4 is 14.8 Å². The lowest BCUT2D eigenvalue weighted by Gasteiger charge is -2.31. The Morgan fingerprint density at radius 2 is 1.77 bits per heavy atom. The van der Waals surface area contributed by atoms with Gasteiger partial charge in [-0.2, -0.15) is 0 Å². The summed E-state index contributed by atoms with van der Waals surface area (Å²) in [7, 11) is 1.60.